The molecule has 2 fully saturated rings. The predicted octanol–water partition coefficient (Wildman–Crippen LogP) is 2.38. The first kappa shape index (κ1) is 16.0. The van der Waals surface area contributed by atoms with Crippen molar-refractivity contribution in [2.45, 2.75) is 51.1 Å². The Morgan fingerprint density at radius 1 is 1.17 bits per heavy atom. The largest absolute Gasteiger partial charge is 0.334 e. The fourth-order valence-corrected chi connectivity index (χ4v) is 3.21. The molecule has 5 nitrogen and oxygen atoms in total. The maximum atomic E-state index is 12.7. The fraction of sp³-hybridized carbons (Fsp3) is 0.556. The van der Waals surface area contributed by atoms with Gasteiger partial charge in [-0.2, -0.15) is 0 Å². The van der Waals surface area contributed by atoms with Gasteiger partial charge in [0.05, 0.1) is 0 Å². The van der Waals surface area contributed by atoms with Gasteiger partial charge in [0.2, 0.25) is 5.91 Å². The zero-order chi connectivity index (χ0) is 16.4. The zero-order valence-corrected chi connectivity index (χ0v) is 13.6. The number of likely N-dealkylation sites (tertiary alicyclic amines) is 1. The number of benzene rings is 1. The number of nitrogens with zero attached hydrogens (tertiary/aromatic N) is 1. The van der Waals surface area contributed by atoms with E-state index in [9.17, 15) is 9.59 Å². The highest BCUT2D eigenvalue weighted by atomic mass is 16.2. The van der Waals surface area contributed by atoms with E-state index in [1.54, 1.807) is 24.3 Å². The van der Waals surface area contributed by atoms with E-state index in [2.05, 4.69) is 5.32 Å². The molecule has 1 aliphatic heterocycles. The topological polar surface area (TPSA) is 75.4 Å². The van der Waals surface area contributed by atoms with Crippen LogP contribution in [0.1, 0.15) is 49.4 Å². The summed E-state index contributed by atoms with van der Waals surface area (Å²) < 4.78 is 0. The normalized spacial score (nSPS) is 22.5. The molecule has 1 saturated heterocycles. The molecule has 0 spiro atoms. The van der Waals surface area contributed by atoms with Crippen LogP contribution in [0.5, 0.6) is 0 Å². The number of hydrogen-bond acceptors (Lipinski definition) is 3. The Bertz CT molecular complexity index is 578. The van der Waals surface area contributed by atoms with E-state index in [0.717, 1.165) is 44.3 Å². The van der Waals surface area contributed by atoms with E-state index < -0.39 is 0 Å². The maximum absolute atomic E-state index is 12.7. The van der Waals surface area contributed by atoms with Crippen molar-refractivity contribution in [3.05, 3.63) is 29.8 Å². The molecule has 23 heavy (non-hydrogen) atoms. The van der Waals surface area contributed by atoms with Crippen LogP contribution in [0.2, 0.25) is 0 Å². The van der Waals surface area contributed by atoms with Crippen LogP contribution in [-0.2, 0) is 4.79 Å². The summed E-state index contributed by atoms with van der Waals surface area (Å²) in [6, 6.07) is 7.29. The van der Waals surface area contributed by atoms with Gasteiger partial charge in [0, 0.05) is 35.8 Å². The number of nitrogens with one attached hydrogen (secondary N) is 1. The van der Waals surface area contributed by atoms with Crippen molar-refractivity contribution in [3.8, 4) is 0 Å². The molecule has 0 radical (unpaired) electrons. The van der Waals surface area contributed by atoms with Crippen LogP contribution in [0.3, 0.4) is 0 Å². The van der Waals surface area contributed by atoms with Gasteiger partial charge >= 0.3 is 0 Å². The third-order valence-corrected chi connectivity index (χ3v) is 4.76. The lowest BCUT2D eigenvalue weighted by atomic mass is 9.96. The second-order valence-corrected chi connectivity index (χ2v) is 6.76. The highest BCUT2D eigenvalue weighted by Gasteiger charge is 2.31. The molecular formula is C18H25N3O2. The highest BCUT2D eigenvalue weighted by molar-refractivity contribution is 5.97. The number of carbonyl (C=O) groups is 2. The molecule has 2 atom stereocenters. The third kappa shape index (κ3) is 3.72. The average Bonchev–Trinajstić information content (AvgIpc) is 3.40. The van der Waals surface area contributed by atoms with E-state index >= 15 is 0 Å². The van der Waals surface area contributed by atoms with Crippen LogP contribution in [0, 0.1) is 5.92 Å². The minimum Gasteiger partial charge on any atom is -0.334 e. The Morgan fingerprint density at radius 2 is 1.87 bits per heavy atom. The molecular weight excluding hydrogens is 290 g/mol. The van der Waals surface area contributed by atoms with Gasteiger partial charge in [-0.3, -0.25) is 9.59 Å². The summed E-state index contributed by atoms with van der Waals surface area (Å²) in [5, 5.41) is 2.89. The van der Waals surface area contributed by atoms with Crippen molar-refractivity contribution in [1.82, 2.24) is 4.90 Å². The summed E-state index contributed by atoms with van der Waals surface area (Å²) in [4.78, 5) is 26.4. The van der Waals surface area contributed by atoms with E-state index in [0.29, 0.717) is 5.56 Å². The van der Waals surface area contributed by atoms with Crippen LogP contribution in [0.25, 0.3) is 0 Å². The number of hydrogen-bond donors (Lipinski definition) is 2. The second-order valence-electron chi connectivity index (χ2n) is 6.76. The predicted molar refractivity (Wildman–Crippen MR) is 90.1 cm³/mol. The minimum absolute atomic E-state index is 0.0173. The van der Waals surface area contributed by atoms with Crippen molar-refractivity contribution < 1.29 is 9.59 Å². The highest BCUT2D eigenvalue weighted by Crippen LogP contribution is 2.30. The van der Waals surface area contributed by atoms with E-state index in [1.807, 2.05) is 11.8 Å². The van der Waals surface area contributed by atoms with Gasteiger partial charge in [0.1, 0.15) is 0 Å². The van der Waals surface area contributed by atoms with Crippen LogP contribution in [-0.4, -0.2) is 35.3 Å². The van der Waals surface area contributed by atoms with Crippen molar-refractivity contribution in [2.75, 3.05) is 11.9 Å². The second kappa shape index (κ2) is 6.71. The summed E-state index contributed by atoms with van der Waals surface area (Å²) in [5.74, 6) is 0.292. The monoisotopic (exact) mass is 315 g/mol. The van der Waals surface area contributed by atoms with Crippen LogP contribution < -0.4 is 11.1 Å². The smallest absolute Gasteiger partial charge is 0.254 e. The van der Waals surface area contributed by atoms with Gasteiger partial charge in [-0.25, -0.2) is 0 Å². The van der Waals surface area contributed by atoms with Crippen molar-refractivity contribution in [1.29, 1.82) is 0 Å². The summed E-state index contributed by atoms with van der Waals surface area (Å²) >= 11 is 0. The van der Waals surface area contributed by atoms with Crippen LogP contribution >= 0.6 is 0 Å². The molecule has 2 amide bonds. The first-order chi connectivity index (χ1) is 11.1. The Hall–Kier alpha value is -1.88. The molecule has 0 aromatic heterocycles. The summed E-state index contributed by atoms with van der Waals surface area (Å²) in [5.41, 5.74) is 7.45. The lowest BCUT2D eigenvalue weighted by Crippen LogP contribution is -2.51. The molecule has 2 unspecified atom stereocenters. The number of rotatable bonds is 4. The van der Waals surface area contributed by atoms with E-state index in [4.69, 9.17) is 5.73 Å². The fourth-order valence-electron chi connectivity index (χ4n) is 3.21. The number of piperidine rings is 1. The number of anilines is 1. The molecule has 1 heterocycles. The molecule has 1 aromatic carbocycles. The standard InChI is InChI=1S/C18H25N3O2/c1-12(19)16-4-2-3-11-21(16)18(23)14-7-9-15(10-8-14)20-17(22)13-5-6-13/h7-10,12-13,16H,2-6,11,19H2,1H3,(H,20,22). The Balaban J connectivity index is 1.67. The SMILES string of the molecule is CC(N)C1CCCCN1C(=O)c1ccc(NC(=O)C2CC2)cc1. The average molecular weight is 315 g/mol. The zero-order valence-electron chi connectivity index (χ0n) is 13.6. The summed E-state index contributed by atoms with van der Waals surface area (Å²) in [6.45, 7) is 2.73. The van der Waals surface area contributed by atoms with Gasteiger partial charge in [0.15, 0.2) is 0 Å². The van der Waals surface area contributed by atoms with Crippen molar-refractivity contribution in [2.24, 2.45) is 11.7 Å². The summed E-state index contributed by atoms with van der Waals surface area (Å²) in [7, 11) is 0. The molecule has 1 aromatic rings. The van der Waals surface area contributed by atoms with E-state index in [-0.39, 0.29) is 29.8 Å². The molecule has 1 saturated carbocycles. The molecule has 0 bridgehead atoms. The Labute approximate surface area is 137 Å². The van der Waals surface area contributed by atoms with Gasteiger partial charge in [-0.15, -0.1) is 0 Å². The van der Waals surface area contributed by atoms with E-state index in [1.165, 1.54) is 0 Å². The number of amides is 2. The van der Waals surface area contributed by atoms with Crippen molar-refractivity contribution in [3.63, 3.8) is 0 Å². The number of nitrogens with two attached hydrogens (primary N) is 1. The molecule has 5 heteroatoms. The molecule has 124 valence electrons. The molecule has 2 aliphatic rings. The van der Waals surface area contributed by atoms with Crippen LogP contribution in [0.15, 0.2) is 24.3 Å². The Kier molecular flexibility index (Phi) is 4.66. The van der Waals surface area contributed by atoms with Crippen molar-refractivity contribution >= 4 is 17.5 Å². The molecule has 1 aliphatic carbocycles. The quantitative estimate of drug-likeness (QED) is 0.895. The first-order valence-electron chi connectivity index (χ1n) is 8.54. The lowest BCUT2D eigenvalue weighted by Gasteiger charge is -2.38. The number of carbonyl (C=O) groups excluding carboxylic acids is 2. The maximum Gasteiger partial charge on any atom is 0.254 e. The van der Waals surface area contributed by atoms with Gasteiger partial charge in [0.25, 0.3) is 5.91 Å². The molecule has 3 N–H and O–H groups in total. The lowest BCUT2D eigenvalue weighted by molar-refractivity contribution is -0.117. The first-order valence-corrected chi connectivity index (χ1v) is 8.54. The Morgan fingerprint density at radius 3 is 2.48 bits per heavy atom. The third-order valence-electron chi connectivity index (χ3n) is 4.76. The van der Waals surface area contributed by atoms with Gasteiger partial charge < -0.3 is 16.0 Å². The van der Waals surface area contributed by atoms with Gasteiger partial charge in [-0.05, 0) is 63.3 Å². The summed E-state index contributed by atoms with van der Waals surface area (Å²) in [6.07, 6.45) is 5.09. The molecule has 3 rings (SSSR count). The van der Waals surface area contributed by atoms with Gasteiger partial charge in [-0.1, -0.05) is 0 Å². The van der Waals surface area contributed by atoms with Crippen LogP contribution in [0.4, 0.5) is 5.69 Å². The minimum atomic E-state index is -0.0173.